The second-order valence-electron chi connectivity index (χ2n) is 4.75. The molecule has 0 unspecified atom stereocenters. The third-order valence-electron chi connectivity index (χ3n) is 2.90. The fraction of sp³-hybridized carbons (Fsp3) is 0.250. The highest BCUT2D eigenvalue weighted by atomic mass is 32.2. The zero-order valence-electron chi connectivity index (χ0n) is 12.4. The van der Waals surface area contributed by atoms with Crippen molar-refractivity contribution in [3.05, 3.63) is 59.8 Å². The van der Waals surface area contributed by atoms with Crippen LogP contribution < -0.4 is 10.6 Å². The number of carbonyl (C=O) groups excluding carboxylic acids is 2. The van der Waals surface area contributed by atoms with Crippen LogP contribution in [0.2, 0.25) is 0 Å². The number of carbonyl (C=O) groups is 2. The number of nitrogens with one attached hydrogen (secondary N) is 2. The van der Waals surface area contributed by atoms with E-state index in [0.29, 0.717) is 18.1 Å². The lowest BCUT2D eigenvalue weighted by Gasteiger charge is -2.06. The van der Waals surface area contributed by atoms with E-state index in [9.17, 15) is 14.0 Å². The van der Waals surface area contributed by atoms with Gasteiger partial charge in [-0.3, -0.25) is 9.59 Å². The number of amides is 2. The lowest BCUT2D eigenvalue weighted by atomic mass is 10.2. The molecule has 0 radical (unpaired) electrons. The summed E-state index contributed by atoms with van der Waals surface area (Å²) < 4.78 is 17.8. The predicted molar refractivity (Wildman–Crippen MR) is 86.1 cm³/mol. The Bertz CT molecular complexity index is 629. The van der Waals surface area contributed by atoms with E-state index in [-0.39, 0.29) is 29.9 Å². The van der Waals surface area contributed by atoms with Crippen LogP contribution in [0, 0.1) is 5.82 Å². The first-order valence-electron chi connectivity index (χ1n) is 7.01. The zero-order valence-corrected chi connectivity index (χ0v) is 13.2. The van der Waals surface area contributed by atoms with Gasteiger partial charge < -0.3 is 15.1 Å². The Kier molecular flexibility index (Phi) is 6.68. The number of halogens is 1. The van der Waals surface area contributed by atoms with Crippen molar-refractivity contribution in [2.45, 2.75) is 12.3 Å². The molecule has 1 aromatic heterocycles. The van der Waals surface area contributed by atoms with Gasteiger partial charge in [0.05, 0.1) is 25.1 Å². The lowest BCUT2D eigenvalue weighted by Crippen LogP contribution is -2.37. The second kappa shape index (κ2) is 8.99. The van der Waals surface area contributed by atoms with Crippen molar-refractivity contribution >= 4 is 23.6 Å². The highest BCUT2D eigenvalue weighted by molar-refractivity contribution is 7.99. The van der Waals surface area contributed by atoms with Crippen molar-refractivity contribution in [3.63, 3.8) is 0 Å². The first kappa shape index (κ1) is 17.1. The number of hydrogen-bond donors (Lipinski definition) is 2. The molecule has 5 nitrogen and oxygen atoms in total. The summed E-state index contributed by atoms with van der Waals surface area (Å²) in [6, 6.07) is 9.63. The van der Waals surface area contributed by atoms with Crippen molar-refractivity contribution in [1.82, 2.24) is 10.6 Å². The molecule has 2 N–H and O–H groups in total. The Morgan fingerprint density at radius 2 is 1.87 bits per heavy atom. The van der Waals surface area contributed by atoms with E-state index in [1.165, 1.54) is 30.2 Å². The molecule has 0 saturated heterocycles. The van der Waals surface area contributed by atoms with E-state index in [1.807, 2.05) is 0 Å². The van der Waals surface area contributed by atoms with Gasteiger partial charge in [0.25, 0.3) is 0 Å². The average molecular weight is 336 g/mol. The normalized spacial score (nSPS) is 10.3. The van der Waals surface area contributed by atoms with Gasteiger partial charge >= 0.3 is 0 Å². The summed E-state index contributed by atoms with van der Waals surface area (Å²) in [7, 11) is 0. The first-order chi connectivity index (χ1) is 11.1. The molecule has 0 aliphatic carbocycles. The minimum atomic E-state index is -0.281. The predicted octanol–water partition coefficient (Wildman–Crippen LogP) is 2.08. The number of rotatable bonds is 8. The topological polar surface area (TPSA) is 71.3 Å². The summed E-state index contributed by atoms with van der Waals surface area (Å²) in [6.07, 6.45) is 1.53. The van der Waals surface area contributed by atoms with E-state index in [0.717, 1.165) is 5.56 Å². The maximum atomic E-state index is 12.8. The number of furan rings is 1. The Morgan fingerprint density at radius 3 is 2.57 bits per heavy atom. The van der Waals surface area contributed by atoms with Gasteiger partial charge in [0.1, 0.15) is 11.6 Å². The molecular weight excluding hydrogens is 319 g/mol. The fourth-order valence-corrected chi connectivity index (χ4v) is 2.55. The molecule has 2 amide bonds. The van der Waals surface area contributed by atoms with Gasteiger partial charge in [0, 0.05) is 5.75 Å². The molecule has 1 heterocycles. The maximum absolute atomic E-state index is 12.8. The minimum Gasteiger partial charge on any atom is -0.467 e. The van der Waals surface area contributed by atoms with E-state index in [1.54, 1.807) is 24.3 Å². The molecule has 1 aromatic carbocycles. The number of thioether (sulfide) groups is 1. The molecule has 122 valence electrons. The van der Waals surface area contributed by atoms with Crippen molar-refractivity contribution in [1.29, 1.82) is 0 Å². The molecule has 0 saturated carbocycles. The van der Waals surface area contributed by atoms with Gasteiger partial charge in [-0.1, -0.05) is 12.1 Å². The van der Waals surface area contributed by atoms with Crippen LogP contribution in [0.1, 0.15) is 11.3 Å². The van der Waals surface area contributed by atoms with Gasteiger partial charge in [0.15, 0.2) is 0 Å². The van der Waals surface area contributed by atoms with Gasteiger partial charge in [-0.05, 0) is 29.8 Å². The second-order valence-corrected chi connectivity index (χ2v) is 5.74. The van der Waals surface area contributed by atoms with Crippen LogP contribution in [-0.4, -0.2) is 24.1 Å². The number of benzene rings is 1. The smallest absolute Gasteiger partial charge is 0.239 e. The first-order valence-corrected chi connectivity index (χ1v) is 8.17. The molecule has 0 spiro atoms. The van der Waals surface area contributed by atoms with Crippen molar-refractivity contribution in [2.75, 3.05) is 12.3 Å². The molecule has 0 bridgehead atoms. The van der Waals surface area contributed by atoms with Crippen LogP contribution in [0.5, 0.6) is 0 Å². The van der Waals surface area contributed by atoms with Crippen LogP contribution in [0.3, 0.4) is 0 Å². The van der Waals surface area contributed by atoms with Crippen LogP contribution in [0.4, 0.5) is 4.39 Å². The lowest BCUT2D eigenvalue weighted by molar-refractivity contribution is -0.124. The number of hydrogen-bond acceptors (Lipinski definition) is 4. The molecule has 0 aliphatic rings. The third-order valence-corrected chi connectivity index (χ3v) is 3.90. The molecule has 23 heavy (non-hydrogen) atoms. The van der Waals surface area contributed by atoms with E-state index < -0.39 is 0 Å². The van der Waals surface area contributed by atoms with E-state index >= 15 is 0 Å². The average Bonchev–Trinajstić information content (AvgIpc) is 3.06. The molecule has 0 atom stereocenters. The van der Waals surface area contributed by atoms with Crippen LogP contribution >= 0.6 is 11.8 Å². The SMILES string of the molecule is O=C(CNC(=O)CSCc1ccc(F)cc1)NCc1ccco1. The van der Waals surface area contributed by atoms with E-state index in [4.69, 9.17) is 4.42 Å². The zero-order chi connectivity index (χ0) is 16.5. The summed E-state index contributed by atoms with van der Waals surface area (Å²) >= 11 is 1.40. The summed E-state index contributed by atoms with van der Waals surface area (Å²) in [5.41, 5.74) is 0.945. The van der Waals surface area contributed by atoms with Gasteiger partial charge in [-0.15, -0.1) is 11.8 Å². The van der Waals surface area contributed by atoms with Gasteiger partial charge in [-0.2, -0.15) is 0 Å². The Hall–Kier alpha value is -2.28. The van der Waals surface area contributed by atoms with Crippen LogP contribution in [0.15, 0.2) is 47.1 Å². The minimum absolute atomic E-state index is 0.0728. The highest BCUT2D eigenvalue weighted by Crippen LogP contribution is 2.12. The Morgan fingerprint density at radius 1 is 1.09 bits per heavy atom. The molecule has 2 rings (SSSR count). The molecule has 7 heteroatoms. The van der Waals surface area contributed by atoms with Crippen molar-refractivity contribution in [2.24, 2.45) is 0 Å². The molecule has 0 fully saturated rings. The molecular formula is C16H17FN2O3S. The van der Waals surface area contributed by atoms with Gasteiger partial charge in [-0.25, -0.2) is 4.39 Å². The molecule has 0 aliphatic heterocycles. The summed E-state index contributed by atoms with van der Waals surface area (Å²) in [6.45, 7) is 0.220. The summed E-state index contributed by atoms with van der Waals surface area (Å²) in [5.74, 6) is 0.724. The van der Waals surface area contributed by atoms with E-state index in [2.05, 4.69) is 10.6 Å². The highest BCUT2D eigenvalue weighted by Gasteiger charge is 2.06. The summed E-state index contributed by atoms with van der Waals surface area (Å²) in [4.78, 5) is 23.2. The fourth-order valence-electron chi connectivity index (χ4n) is 1.73. The van der Waals surface area contributed by atoms with Crippen LogP contribution in [0.25, 0.3) is 0 Å². The van der Waals surface area contributed by atoms with Crippen molar-refractivity contribution < 1.29 is 18.4 Å². The maximum Gasteiger partial charge on any atom is 0.239 e. The Labute approximate surface area is 137 Å². The third kappa shape index (κ3) is 6.56. The summed E-state index contributed by atoms with van der Waals surface area (Å²) in [5, 5.41) is 5.18. The largest absolute Gasteiger partial charge is 0.467 e. The van der Waals surface area contributed by atoms with Crippen molar-refractivity contribution in [3.8, 4) is 0 Å². The van der Waals surface area contributed by atoms with Crippen LogP contribution in [-0.2, 0) is 21.9 Å². The Balaban J connectivity index is 1.57. The quantitative estimate of drug-likeness (QED) is 0.774. The monoisotopic (exact) mass is 336 g/mol. The molecule has 2 aromatic rings. The standard InChI is InChI=1S/C16H17FN2O3S/c17-13-5-3-12(4-6-13)10-23-11-16(21)19-9-15(20)18-8-14-2-1-7-22-14/h1-7H,8-11H2,(H,18,20)(H,19,21). The van der Waals surface area contributed by atoms with Gasteiger partial charge in [0.2, 0.25) is 11.8 Å².